The smallest absolute Gasteiger partial charge is 0.161 e. The maximum Gasteiger partial charge on any atom is 0.161 e. The highest BCUT2D eigenvalue weighted by Gasteiger charge is 2.22. The van der Waals surface area contributed by atoms with Crippen molar-refractivity contribution in [2.24, 2.45) is 5.92 Å². The predicted molar refractivity (Wildman–Crippen MR) is 134 cm³/mol. The van der Waals surface area contributed by atoms with Crippen LogP contribution in [0.5, 0.6) is 0 Å². The minimum Gasteiger partial charge on any atom is -0.324 e. The van der Waals surface area contributed by atoms with E-state index >= 15 is 0 Å². The summed E-state index contributed by atoms with van der Waals surface area (Å²) >= 11 is 6.31. The van der Waals surface area contributed by atoms with Gasteiger partial charge in [0, 0.05) is 40.4 Å². The summed E-state index contributed by atoms with van der Waals surface area (Å²) in [5.41, 5.74) is 3.73. The number of hydrogen-bond acceptors (Lipinski definition) is 2. The lowest BCUT2D eigenvalue weighted by Crippen LogP contribution is -2.15. The van der Waals surface area contributed by atoms with Crippen molar-refractivity contribution in [2.75, 3.05) is 0 Å². The number of fused-ring (bicyclic) bond motifs is 1. The first kappa shape index (κ1) is 23.1. The highest BCUT2D eigenvalue weighted by molar-refractivity contribution is 6.30. The number of nitriles is 1. The van der Waals surface area contributed by atoms with Crippen molar-refractivity contribution in [3.05, 3.63) is 87.9 Å². The molecule has 1 heterocycles. The van der Waals surface area contributed by atoms with Gasteiger partial charge in [-0.3, -0.25) is 0 Å². The monoisotopic (exact) mass is 485 g/mol. The standard InChI is InChI=1S/C29H22ClF2N3/c30-23-12-13-24(22(14-23)11-10-19-6-8-20(17-33)9-7-19)29-34-27-15-25(31)26(32)16-28(27)35(29)18-21-4-2-1-3-5-21/h6-9,12-16,21H,1-5,18H2. The van der Waals surface area contributed by atoms with Crippen molar-refractivity contribution >= 4 is 22.6 Å². The molecule has 1 fully saturated rings. The summed E-state index contributed by atoms with van der Waals surface area (Å²) in [5.74, 6) is 5.59. The number of aromatic nitrogens is 2. The molecule has 35 heavy (non-hydrogen) atoms. The molecule has 1 aliphatic carbocycles. The Kier molecular flexibility index (Phi) is 6.53. The zero-order valence-corrected chi connectivity index (χ0v) is 19.7. The van der Waals surface area contributed by atoms with Crippen LogP contribution in [-0.2, 0) is 6.54 Å². The van der Waals surface area contributed by atoms with Gasteiger partial charge in [-0.05, 0) is 61.2 Å². The lowest BCUT2D eigenvalue weighted by atomic mass is 9.89. The van der Waals surface area contributed by atoms with Gasteiger partial charge in [0.2, 0.25) is 0 Å². The fourth-order valence-corrected chi connectivity index (χ4v) is 4.89. The molecule has 3 aromatic carbocycles. The van der Waals surface area contributed by atoms with Gasteiger partial charge in [0.25, 0.3) is 0 Å². The van der Waals surface area contributed by atoms with Gasteiger partial charge in [-0.25, -0.2) is 13.8 Å². The average molecular weight is 486 g/mol. The molecule has 3 nitrogen and oxygen atoms in total. The zero-order valence-electron chi connectivity index (χ0n) is 19.0. The Balaban J connectivity index is 1.63. The Bertz CT molecular complexity index is 1500. The molecule has 0 amide bonds. The van der Waals surface area contributed by atoms with E-state index in [0.29, 0.717) is 45.5 Å². The highest BCUT2D eigenvalue weighted by Crippen LogP contribution is 2.33. The molecule has 0 N–H and O–H groups in total. The second-order valence-electron chi connectivity index (χ2n) is 8.93. The van der Waals surface area contributed by atoms with Crippen molar-refractivity contribution in [1.82, 2.24) is 9.55 Å². The summed E-state index contributed by atoms with van der Waals surface area (Å²) in [6.07, 6.45) is 5.80. The summed E-state index contributed by atoms with van der Waals surface area (Å²) in [6, 6.07) is 16.9. The summed E-state index contributed by atoms with van der Waals surface area (Å²) < 4.78 is 30.3. The third kappa shape index (κ3) is 4.92. The Labute approximate surface area is 208 Å². The van der Waals surface area contributed by atoms with E-state index in [1.165, 1.54) is 25.3 Å². The van der Waals surface area contributed by atoms with Gasteiger partial charge in [0.15, 0.2) is 11.6 Å². The molecule has 4 aromatic rings. The van der Waals surface area contributed by atoms with E-state index in [0.717, 1.165) is 30.0 Å². The van der Waals surface area contributed by atoms with E-state index in [4.69, 9.17) is 21.8 Å². The Hall–Kier alpha value is -3.67. The van der Waals surface area contributed by atoms with Crippen LogP contribution in [0.15, 0.2) is 54.6 Å². The molecule has 0 radical (unpaired) electrons. The van der Waals surface area contributed by atoms with E-state index in [9.17, 15) is 8.78 Å². The SMILES string of the molecule is N#Cc1ccc(C#Cc2cc(Cl)ccc2-c2nc3cc(F)c(F)cc3n2CC2CCCCC2)cc1. The van der Waals surface area contributed by atoms with Gasteiger partial charge in [-0.2, -0.15) is 5.26 Å². The molecule has 0 aliphatic heterocycles. The predicted octanol–water partition coefficient (Wildman–Crippen LogP) is 7.49. The topological polar surface area (TPSA) is 41.6 Å². The number of nitrogens with zero attached hydrogens (tertiary/aromatic N) is 3. The fraction of sp³-hybridized carbons (Fsp3) is 0.241. The van der Waals surface area contributed by atoms with Crippen LogP contribution in [0, 0.1) is 40.7 Å². The normalized spacial score (nSPS) is 13.9. The third-order valence-electron chi connectivity index (χ3n) is 6.53. The average Bonchev–Trinajstić information content (AvgIpc) is 3.20. The van der Waals surface area contributed by atoms with E-state index in [1.807, 2.05) is 10.6 Å². The number of rotatable bonds is 3. The van der Waals surface area contributed by atoms with Crippen molar-refractivity contribution in [3.63, 3.8) is 0 Å². The zero-order chi connectivity index (χ0) is 24.4. The molecule has 0 bridgehead atoms. The van der Waals surface area contributed by atoms with Gasteiger partial charge in [-0.15, -0.1) is 0 Å². The highest BCUT2D eigenvalue weighted by atomic mass is 35.5. The van der Waals surface area contributed by atoms with Crippen LogP contribution in [-0.4, -0.2) is 9.55 Å². The molecular weight excluding hydrogens is 464 g/mol. The maximum absolute atomic E-state index is 14.2. The Morgan fingerprint density at radius 2 is 1.63 bits per heavy atom. The number of hydrogen-bond donors (Lipinski definition) is 0. The van der Waals surface area contributed by atoms with Crippen LogP contribution in [0.1, 0.15) is 48.8 Å². The molecule has 1 saturated carbocycles. The van der Waals surface area contributed by atoms with Gasteiger partial charge >= 0.3 is 0 Å². The Morgan fingerprint density at radius 1 is 0.914 bits per heavy atom. The second kappa shape index (κ2) is 9.90. The molecule has 1 aliphatic rings. The van der Waals surface area contributed by atoms with Gasteiger partial charge < -0.3 is 4.57 Å². The van der Waals surface area contributed by atoms with Crippen molar-refractivity contribution < 1.29 is 8.78 Å². The van der Waals surface area contributed by atoms with Crippen LogP contribution in [0.4, 0.5) is 8.78 Å². The number of imidazole rings is 1. The van der Waals surface area contributed by atoms with Gasteiger partial charge in [-0.1, -0.05) is 42.7 Å². The van der Waals surface area contributed by atoms with Crippen LogP contribution in [0.2, 0.25) is 5.02 Å². The summed E-state index contributed by atoms with van der Waals surface area (Å²) in [7, 11) is 0. The van der Waals surface area contributed by atoms with E-state index in [2.05, 4.69) is 17.9 Å². The van der Waals surface area contributed by atoms with Crippen molar-refractivity contribution in [1.29, 1.82) is 5.26 Å². The minimum absolute atomic E-state index is 0.413. The molecular formula is C29H22ClF2N3. The number of halogens is 3. The molecule has 0 saturated heterocycles. The first-order chi connectivity index (χ1) is 17.0. The van der Waals surface area contributed by atoms with Crippen LogP contribution >= 0.6 is 11.6 Å². The van der Waals surface area contributed by atoms with Crippen LogP contribution in [0.25, 0.3) is 22.4 Å². The lowest BCUT2D eigenvalue weighted by Gasteiger charge is -2.23. The first-order valence-corrected chi connectivity index (χ1v) is 12.1. The summed E-state index contributed by atoms with van der Waals surface area (Å²) in [5, 5.41) is 9.54. The molecule has 0 unspecified atom stereocenters. The third-order valence-corrected chi connectivity index (χ3v) is 6.77. The number of benzene rings is 3. The summed E-state index contributed by atoms with van der Waals surface area (Å²) in [6.45, 7) is 0.683. The molecule has 1 aromatic heterocycles. The minimum atomic E-state index is -0.914. The lowest BCUT2D eigenvalue weighted by molar-refractivity contribution is 0.323. The fourth-order valence-electron chi connectivity index (χ4n) is 4.72. The molecule has 0 spiro atoms. The largest absolute Gasteiger partial charge is 0.324 e. The van der Waals surface area contributed by atoms with Gasteiger partial charge in [0.1, 0.15) is 5.82 Å². The quantitative estimate of drug-likeness (QED) is 0.282. The second-order valence-corrected chi connectivity index (χ2v) is 9.37. The molecule has 0 atom stereocenters. The Morgan fingerprint density at radius 3 is 2.37 bits per heavy atom. The first-order valence-electron chi connectivity index (χ1n) is 11.7. The summed E-state index contributed by atoms with van der Waals surface area (Å²) in [4.78, 5) is 4.73. The van der Waals surface area contributed by atoms with Crippen LogP contribution in [0.3, 0.4) is 0 Å². The molecule has 5 rings (SSSR count). The van der Waals surface area contributed by atoms with Gasteiger partial charge in [0.05, 0.1) is 22.7 Å². The van der Waals surface area contributed by atoms with E-state index < -0.39 is 11.6 Å². The van der Waals surface area contributed by atoms with Crippen molar-refractivity contribution in [3.8, 4) is 29.3 Å². The van der Waals surface area contributed by atoms with E-state index in [-0.39, 0.29) is 0 Å². The molecule has 174 valence electrons. The van der Waals surface area contributed by atoms with Crippen molar-refractivity contribution in [2.45, 2.75) is 38.6 Å². The molecule has 6 heteroatoms. The van der Waals surface area contributed by atoms with E-state index in [1.54, 1.807) is 36.4 Å². The van der Waals surface area contributed by atoms with Crippen LogP contribution < -0.4 is 0 Å². The maximum atomic E-state index is 14.2.